The highest BCUT2D eigenvalue weighted by molar-refractivity contribution is 5.31. The van der Waals surface area contributed by atoms with Crippen LogP contribution in [0.25, 0.3) is 0 Å². The van der Waals surface area contributed by atoms with E-state index >= 15 is 0 Å². The standard InChI is InChI=1S/C15H22N2O/c16-12-5-7-13(8-6-12)17-15-10-18-9-11-3-1-2-4-14(11)15/h1-4,12-13,15,17H,5-10,16H2. The average molecular weight is 246 g/mol. The van der Waals surface area contributed by atoms with Crippen LogP contribution in [0.3, 0.4) is 0 Å². The highest BCUT2D eigenvalue weighted by Crippen LogP contribution is 2.27. The van der Waals surface area contributed by atoms with Gasteiger partial charge in [0.05, 0.1) is 19.3 Å². The fourth-order valence-electron chi connectivity index (χ4n) is 3.09. The van der Waals surface area contributed by atoms with E-state index in [0.717, 1.165) is 26.1 Å². The Morgan fingerprint density at radius 3 is 2.72 bits per heavy atom. The molecule has 1 fully saturated rings. The fourth-order valence-corrected chi connectivity index (χ4v) is 3.09. The van der Waals surface area contributed by atoms with Crippen LogP contribution in [0.4, 0.5) is 0 Å². The summed E-state index contributed by atoms with van der Waals surface area (Å²) in [7, 11) is 0. The normalized spacial score (nSPS) is 31.9. The maximum absolute atomic E-state index is 5.95. The Balaban J connectivity index is 1.67. The zero-order chi connectivity index (χ0) is 12.4. The van der Waals surface area contributed by atoms with Gasteiger partial charge in [-0.05, 0) is 36.8 Å². The Bertz CT molecular complexity index is 399. The number of nitrogens with two attached hydrogens (primary N) is 1. The van der Waals surface area contributed by atoms with Crippen molar-refractivity contribution in [2.45, 2.75) is 50.4 Å². The van der Waals surface area contributed by atoms with Crippen molar-refractivity contribution >= 4 is 0 Å². The summed E-state index contributed by atoms with van der Waals surface area (Å²) in [4.78, 5) is 0. The lowest BCUT2D eigenvalue weighted by atomic mass is 9.90. The molecule has 0 saturated heterocycles. The Morgan fingerprint density at radius 2 is 1.89 bits per heavy atom. The van der Waals surface area contributed by atoms with Crippen molar-refractivity contribution in [1.29, 1.82) is 0 Å². The number of benzene rings is 1. The van der Waals surface area contributed by atoms with Gasteiger partial charge in [0.15, 0.2) is 0 Å². The predicted molar refractivity (Wildman–Crippen MR) is 72.2 cm³/mol. The van der Waals surface area contributed by atoms with E-state index in [1.54, 1.807) is 0 Å². The second-order valence-electron chi connectivity index (χ2n) is 5.54. The second kappa shape index (κ2) is 5.39. The third kappa shape index (κ3) is 2.58. The first-order chi connectivity index (χ1) is 8.83. The van der Waals surface area contributed by atoms with E-state index in [2.05, 4.69) is 29.6 Å². The Kier molecular flexibility index (Phi) is 3.64. The SMILES string of the molecule is NC1CCC(NC2COCc3ccccc32)CC1. The molecule has 3 heteroatoms. The van der Waals surface area contributed by atoms with Crippen molar-refractivity contribution in [3.05, 3.63) is 35.4 Å². The topological polar surface area (TPSA) is 47.3 Å². The molecular formula is C15H22N2O. The lowest BCUT2D eigenvalue weighted by molar-refractivity contribution is 0.0761. The molecule has 1 saturated carbocycles. The molecule has 0 radical (unpaired) electrons. The highest BCUT2D eigenvalue weighted by Gasteiger charge is 2.25. The smallest absolute Gasteiger partial charge is 0.0721 e. The van der Waals surface area contributed by atoms with Crippen LogP contribution in [0.15, 0.2) is 24.3 Å². The van der Waals surface area contributed by atoms with E-state index in [1.807, 2.05) is 0 Å². The molecule has 1 heterocycles. The van der Waals surface area contributed by atoms with Gasteiger partial charge in [-0.15, -0.1) is 0 Å². The Hall–Kier alpha value is -0.900. The molecule has 18 heavy (non-hydrogen) atoms. The summed E-state index contributed by atoms with van der Waals surface area (Å²) in [5.41, 5.74) is 8.70. The van der Waals surface area contributed by atoms with Crippen molar-refractivity contribution in [1.82, 2.24) is 5.32 Å². The first-order valence-electron chi connectivity index (χ1n) is 7.00. The van der Waals surface area contributed by atoms with Gasteiger partial charge in [0.25, 0.3) is 0 Å². The van der Waals surface area contributed by atoms with Crippen molar-refractivity contribution in [3.8, 4) is 0 Å². The van der Waals surface area contributed by atoms with Gasteiger partial charge >= 0.3 is 0 Å². The van der Waals surface area contributed by atoms with Crippen LogP contribution in [0.1, 0.15) is 42.9 Å². The van der Waals surface area contributed by atoms with Crippen LogP contribution in [-0.2, 0) is 11.3 Å². The van der Waals surface area contributed by atoms with E-state index < -0.39 is 0 Å². The summed E-state index contributed by atoms with van der Waals surface area (Å²) in [5, 5.41) is 3.75. The number of hydrogen-bond acceptors (Lipinski definition) is 3. The summed E-state index contributed by atoms with van der Waals surface area (Å²) in [6.07, 6.45) is 4.68. The summed E-state index contributed by atoms with van der Waals surface area (Å²) in [6.45, 7) is 1.55. The molecule has 3 N–H and O–H groups in total. The van der Waals surface area contributed by atoms with Crippen LogP contribution in [-0.4, -0.2) is 18.7 Å². The van der Waals surface area contributed by atoms with Gasteiger partial charge in [0, 0.05) is 12.1 Å². The minimum absolute atomic E-state index is 0.356. The van der Waals surface area contributed by atoms with E-state index in [-0.39, 0.29) is 0 Å². The van der Waals surface area contributed by atoms with Crippen LogP contribution in [0.2, 0.25) is 0 Å². The average Bonchev–Trinajstić information content (AvgIpc) is 2.42. The van der Waals surface area contributed by atoms with Gasteiger partial charge < -0.3 is 15.8 Å². The maximum atomic E-state index is 5.95. The number of ether oxygens (including phenoxy) is 1. The highest BCUT2D eigenvalue weighted by atomic mass is 16.5. The maximum Gasteiger partial charge on any atom is 0.0721 e. The Morgan fingerprint density at radius 1 is 1.11 bits per heavy atom. The van der Waals surface area contributed by atoms with Crippen molar-refractivity contribution in [3.63, 3.8) is 0 Å². The van der Waals surface area contributed by atoms with Gasteiger partial charge in [0.1, 0.15) is 0 Å². The molecule has 1 aromatic carbocycles. The van der Waals surface area contributed by atoms with E-state index in [9.17, 15) is 0 Å². The minimum atomic E-state index is 0.356. The molecule has 0 aromatic heterocycles. The minimum Gasteiger partial charge on any atom is -0.375 e. The molecule has 1 unspecified atom stereocenters. The molecule has 1 aliphatic heterocycles. The van der Waals surface area contributed by atoms with Crippen molar-refractivity contribution in [2.24, 2.45) is 5.73 Å². The molecule has 0 bridgehead atoms. The Labute approximate surface area is 109 Å². The fraction of sp³-hybridized carbons (Fsp3) is 0.600. The third-order valence-corrected chi connectivity index (χ3v) is 4.18. The molecule has 1 atom stereocenters. The number of rotatable bonds is 2. The van der Waals surface area contributed by atoms with Gasteiger partial charge in [-0.2, -0.15) is 0 Å². The molecule has 3 nitrogen and oxygen atoms in total. The van der Waals surface area contributed by atoms with Crippen molar-refractivity contribution < 1.29 is 4.74 Å². The molecule has 1 aromatic rings. The van der Waals surface area contributed by atoms with Gasteiger partial charge in [-0.1, -0.05) is 24.3 Å². The molecule has 0 amide bonds. The summed E-state index contributed by atoms with van der Waals surface area (Å²) < 4.78 is 5.68. The molecule has 2 aliphatic rings. The monoisotopic (exact) mass is 246 g/mol. The molecule has 98 valence electrons. The number of fused-ring (bicyclic) bond motifs is 1. The first kappa shape index (κ1) is 12.2. The van der Waals surface area contributed by atoms with Crippen LogP contribution >= 0.6 is 0 Å². The number of nitrogens with one attached hydrogen (secondary N) is 1. The number of hydrogen-bond donors (Lipinski definition) is 2. The van der Waals surface area contributed by atoms with E-state index in [4.69, 9.17) is 10.5 Å². The summed E-state index contributed by atoms with van der Waals surface area (Å²) in [5.74, 6) is 0. The zero-order valence-corrected chi connectivity index (χ0v) is 10.8. The molecule has 1 aliphatic carbocycles. The van der Waals surface area contributed by atoms with Gasteiger partial charge in [0.2, 0.25) is 0 Å². The third-order valence-electron chi connectivity index (χ3n) is 4.18. The van der Waals surface area contributed by atoms with E-state index in [0.29, 0.717) is 18.1 Å². The zero-order valence-electron chi connectivity index (χ0n) is 10.8. The van der Waals surface area contributed by atoms with Crippen LogP contribution in [0, 0.1) is 0 Å². The lowest BCUT2D eigenvalue weighted by Crippen LogP contribution is -2.41. The summed E-state index contributed by atoms with van der Waals surface area (Å²) in [6, 6.07) is 9.97. The van der Waals surface area contributed by atoms with Crippen LogP contribution in [0.5, 0.6) is 0 Å². The molecular weight excluding hydrogens is 224 g/mol. The second-order valence-corrected chi connectivity index (χ2v) is 5.54. The van der Waals surface area contributed by atoms with Gasteiger partial charge in [-0.25, -0.2) is 0 Å². The summed E-state index contributed by atoms with van der Waals surface area (Å²) >= 11 is 0. The first-order valence-corrected chi connectivity index (χ1v) is 7.00. The molecule has 0 spiro atoms. The van der Waals surface area contributed by atoms with Gasteiger partial charge in [-0.3, -0.25) is 0 Å². The predicted octanol–water partition coefficient (Wildman–Crippen LogP) is 2.12. The van der Waals surface area contributed by atoms with Crippen molar-refractivity contribution in [2.75, 3.05) is 6.61 Å². The van der Waals surface area contributed by atoms with Crippen LogP contribution < -0.4 is 11.1 Å². The lowest BCUT2D eigenvalue weighted by Gasteiger charge is -2.33. The quantitative estimate of drug-likeness (QED) is 0.840. The molecule has 3 rings (SSSR count). The largest absolute Gasteiger partial charge is 0.375 e. The van der Waals surface area contributed by atoms with E-state index in [1.165, 1.54) is 24.0 Å².